The highest BCUT2D eigenvalue weighted by Gasteiger charge is 2.25. The largest absolute Gasteiger partial charge is 0.493 e. The van der Waals surface area contributed by atoms with Crippen molar-refractivity contribution in [2.24, 2.45) is 0 Å². The fraction of sp³-hybridized carbons (Fsp3) is 0.364. The minimum atomic E-state index is 0.0204. The molecular weight excluding hydrogens is 356 g/mol. The predicted molar refractivity (Wildman–Crippen MR) is 107 cm³/mol. The van der Waals surface area contributed by atoms with E-state index in [1.165, 1.54) is 0 Å². The lowest BCUT2D eigenvalue weighted by molar-refractivity contribution is -0.131. The third kappa shape index (κ3) is 4.44. The molecule has 148 valence electrons. The number of benzene rings is 2. The first kappa shape index (κ1) is 19.7. The summed E-state index contributed by atoms with van der Waals surface area (Å²) in [4.78, 5) is 28.9. The summed E-state index contributed by atoms with van der Waals surface area (Å²) in [6, 6.07) is 13.1. The van der Waals surface area contributed by atoms with E-state index in [1.807, 2.05) is 53.1 Å². The molecule has 0 N–H and O–H groups in total. The van der Waals surface area contributed by atoms with Crippen LogP contribution in [-0.4, -0.2) is 62.0 Å². The van der Waals surface area contributed by atoms with Gasteiger partial charge in [0.15, 0.2) is 11.5 Å². The maximum atomic E-state index is 12.7. The quantitative estimate of drug-likeness (QED) is 0.797. The first-order valence-electron chi connectivity index (χ1n) is 9.36. The van der Waals surface area contributed by atoms with Crippen molar-refractivity contribution in [1.29, 1.82) is 0 Å². The molecule has 0 bridgehead atoms. The number of carbonyl (C=O) groups excluding carboxylic acids is 2. The molecule has 6 nitrogen and oxygen atoms in total. The Morgan fingerprint density at radius 1 is 0.857 bits per heavy atom. The van der Waals surface area contributed by atoms with Crippen molar-refractivity contribution >= 4 is 11.8 Å². The van der Waals surface area contributed by atoms with Crippen LogP contribution in [0.4, 0.5) is 0 Å². The van der Waals surface area contributed by atoms with E-state index < -0.39 is 0 Å². The lowest BCUT2D eigenvalue weighted by Gasteiger charge is -2.35. The van der Waals surface area contributed by atoms with Gasteiger partial charge in [-0.1, -0.05) is 23.8 Å². The number of hydrogen-bond acceptors (Lipinski definition) is 4. The van der Waals surface area contributed by atoms with E-state index in [0.717, 1.165) is 11.1 Å². The van der Waals surface area contributed by atoms with Gasteiger partial charge in [0.05, 0.1) is 20.6 Å². The van der Waals surface area contributed by atoms with Gasteiger partial charge in [-0.05, 0) is 36.8 Å². The Kier molecular flexibility index (Phi) is 6.19. The predicted octanol–water partition coefficient (Wildman–Crippen LogP) is 2.54. The SMILES string of the molecule is COc1ccc(CC(=O)N2CCN(C(=O)c3ccc(C)cc3)CC2)cc1OC. The minimum absolute atomic E-state index is 0.0204. The normalized spacial score (nSPS) is 14.0. The van der Waals surface area contributed by atoms with Crippen LogP contribution in [0.25, 0.3) is 0 Å². The summed E-state index contributed by atoms with van der Waals surface area (Å²) < 4.78 is 10.5. The van der Waals surface area contributed by atoms with Crippen molar-refractivity contribution in [2.75, 3.05) is 40.4 Å². The number of methoxy groups -OCH3 is 2. The Morgan fingerprint density at radius 3 is 2.07 bits per heavy atom. The monoisotopic (exact) mass is 382 g/mol. The number of carbonyl (C=O) groups is 2. The van der Waals surface area contributed by atoms with Gasteiger partial charge in [0, 0.05) is 31.7 Å². The van der Waals surface area contributed by atoms with Gasteiger partial charge in [-0.3, -0.25) is 9.59 Å². The zero-order chi connectivity index (χ0) is 20.1. The summed E-state index contributed by atoms with van der Waals surface area (Å²) in [5.74, 6) is 1.32. The van der Waals surface area contributed by atoms with Gasteiger partial charge in [-0.15, -0.1) is 0 Å². The second-order valence-electron chi connectivity index (χ2n) is 6.91. The number of rotatable bonds is 5. The fourth-order valence-electron chi connectivity index (χ4n) is 3.31. The third-order valence-corrected chi connectivity index (χ3v) is 5.02. The zero-order valence-electron chi connectivity index (χ0n) is 16.6. The van der Waals surface area contributed by atoms with Gasteiger partial charge < -0.3 is 19.3 Å². The van der Waals surface area contributed by atoms with Crippen LogP contribution >= 0.6 is 0 Å². The highest BCUT2D eigenvalue weighted by molar-refractivity contribution is 5.94. The topological polar surface area (TPSA) is 59.1 Å². The van der Waals surface area contributed by atoms with Crippen molar-refractivity contribution in [1.82, 2.24) is 9.80 Å². The van der Waals surface area contributed by atoms with Gasteiger partial charge in [-0.25, -0.2) is 0 Å². The molecule has 2 aromatic rings. The van der Waals surface area contributed by atoms with Gasteiger partial charge in [0.1, 0.15) is 0 Å². The van der Waals surface area contributed by atoms with E-state index in [4.69, 9.17) is 9.47 Å². The molecule has 1 saturated heterocycles. The van der Waals surface area contributed by atoms with Crippen molar-refractivity contribution in [3.63, 3.8) is 0 Å². The number of hydrogen-bond donors (Lipinski definition) is 0. The fourth-order valence-corrected chi connectivity index (χ4v) is 3.31. The Morgan fingerprint density at radius 2 is 1.46 bits per heavy atom. The van der Waals surface area contributed by atoms with Gasteiger partial charge >= 0.3 is 0 Å². The number of nitrogens with zero attached hydrogens (tertiary/aromatic N) is 2. The molecule has 1 heterocycles. The maximum Gasteiger partial charge on any atom is 0.253 e. The van der Waals surface area contributed by atoms with E-state index in [-0.39, 0.29) is 11.8 Å². The molecule has 0 aliphatic carbocycles. The van der Waals surface area contributed by atoms with Gasteiger partial charge in [0.2, 0.25) is 5.91 Å². The van der Waals surface area contributed by atoms with Gasteiger partial charge in [0.25, 0.3) is 5.91 Å². The number of ether oxygens (including phenoxy) is 2. The summed E-state index contributed by atoms with van der Waals surface area (Å²) in [6.07, 6.45) is 0.298. The second-order valence-corrected chi connectivity index (χ2v) is 6.91. The molecule has 28 heavy (non-hydrogen) atoms. The Labute approximate surface area is 165 Å². The molecule has 1 aliphatic rings. The molecule has 0 radical (unpaired) electrons. The number of piperazine rings is 1. The molecule has 2 aromatic carbocycles. The molecule has 0 spiro atoms. The first-order valence-corrected chi connectivity index (χ1v) is 9.36. The van der Waals surface area contributed by atoms with Crippen LogP contribution in [0.3, 0.4) is 0 Å². The highest BCUT2D eigenvalue weighted by atomic mass is 16.5. The molecular formula is C22H26N2O4. The van der Waals surface area contributed by atoms with Crippen molar-refractivity contribution in [2.45, 2.75) is 13.3 Å². The summed E-state index contributed by atoms with van der Waals surface area (Å²) in [7, 11) is 3.16. The van der Waals surface area contributed by atoms with Crippen LogP contribution in [0.2, 0.25) is 0 Å². The van der Waals surface area contributed by atoms with Crippen molar-refractivity contribution in [3.05, 3.63) is 59.2 Å². The lowest BCUT2D eigenvalue weighted by atomic mass is 10.1. The highest BCUT2D eigenvalue weighted by Crippen LogP contribution is 2.28. The van der Waals surface area contributed by atoms with E-state index >= 15 is 0 Å². The average molecular weight is 382 g/mol. The second kappa shape index (κ2) is 8.78. The molecule has 1 aliphatic heterocycles. The van der Waals surface area contributed by atoms with Crippen molar-refractivity contribution in [3.8, 4) is 11.5 Å². The Bertz CT molecular complexity index is 840. The third-order valence-electron chi connectivity index (χ3n) is 5.02. The molecule has 0 atom stereocenters. The van der Waals surface area contributed by atoms with Crippen LogP contribution in [0.5, 0.6) is 11.5 Å². The van der Waals surface area contributed by atoms with Crippen LogP contribution in [0.1, 0.15) is 21.5 Å². The smallest absolute Gasteiger partial charge is 0.253 e. The lowest BCUT2D eigenvalue weighted by Crippen LogP contribution is -2.51. The summed E-state index contributed by atoms with van der Waals surface area (Å²) in [5.41, 5.74) is 2.69. The number of aryl methyl sites for hydroxylation is 1. The van der Waals surface area contributed by atoms with E-state index in [2.05, 4.69) is 0 Å². The van der Waals surface area contributed by atoms with Crippen LogP contribution in [0.15, 0.2) is 42.5 Å². The maximum absolute atomic E-state index is 12.7. The molecule has 0 unspecified atom stereocenters. The molecule has 6 heteroatoms. The molecule has 3 rings (SSSR count). The standard InChI is InChI=1S/C22H26N2O4/c1-16-4-7-18(8-5-16)22(26)24-12-10-23(11-13-24)21(25)15-17-6-9-19(27-2)20(14-17)28-3/h4-9,14H,10-13,15H2,1-3H3. The van der Waals surface area contributed by atoms with Crippen LogP contribution in [0, 0.1) is 6.92 Å². The summed E-state index contributed by atoms with van der Waals surface area (Å²) in [5, 5.41) is 0. The molecule has 0 aromatic heterocycles. The number of amides is 2. The van der Waals surface area contributed by atoms with Crippen LogP contribution in [-0.2, 0) is 11.2 Å². The summed E-state index contributed by atoms with van der Waals surface area (Å²) in [6.45, 7) is 4.18. The Balaban J connectivity index is 1.56. The van der Waals surface area contributed by atoms with E-state index in [9.17, 15) is 9.59 Å². The minimum Gasteiger partial charge on any atom is -0.493 e. The van der Waals surface area contributed by atoms with E-state index in [1.54, 1.807) is 20.3 Å². The van der Waals surface area contributed by atoms with Crippen molar-refractivity contribution < 1.29 is 19.1 Å². The Hall–Kier alpha value is -3.02. The average Bonchev–Trinajstić information content (AvgIpc) is 2.73. The molecule has 0 saturated carbocycles. The molecule has 1 fully saturated rings. The van der Waals surface area contributed by atoms with Crippen LogP contribution < -0.4 is 9.47 Å². The summed E-state index contributed by atoms with van der Waals surface area (Å²) >= 11 is 0. The zero-order valence-corrected chi connectivity index (χ0v) is 16.6. The van der Waals surface area contributed by atoms with Gasteiger partial charge in [-0.2, -0.15) is 0 Å². The van der Waals surface area contributed by atoms with E-state index in [0.29, 0.717) is 49.7 Å². The molecule has 2 amide bonds. The first-order chi connectivity index (χ1) is 13.5.